The molecule has 0 radical (unpaired) electrons. The third kappa shape index (κ3) is 5.88. The molecule has 0 bridgehead atoms. The number of aromatic nitrogens is 3. The van der Waals surface area contributed by atoms with Crippen LogP contribution in [0.1, 0.15) is 35.5 Å². The lowest BCUT2D eigenvalue weighted by Gasteiger charge is -2.29. The van der Waals surface area contributed by atoms with Gasteiger partial charge < -0.3 is 25.4 Å². The Bertz CT molecular complexity index is 1370. The zero-order valence-corrected chi connectivity index (χ0v) is 21.6. The SMILES string of the molecule is Cc1ccc(NC(=O)c2cnnc(C(C)(C)C#N)c2)cc1-c1cc(NCCO)nc(N2CCOCC2)c1F. The van der Waals surface area contributed by atoms with Crippen molar-refractivity contribution in [2.24, 2.45) is 0 Å². The number of halogens is 1. The monoisotopic (exact) mass is 519 g/mol. The van der Waals surface area contributed by atoms with Gasteiger partial charge in [-0.05, 0) is 56.2 Å². The Hall–Kier alpha value is -4.14. The standard InChI is InChI=1S/C27H30FN7O3/c1-17-4-5-19(32-26(37)18-12-22(34-31-15-18)27(2,3)16-29)13-20(17)21-14-23(30-6-9-36)33-25(24(21)28)35-7-10-38-11-8-35/h4-5,12-15,36H,6-11H2,1-3H3,(H,30,33)(H,32,37). The number of aryl methyl sites for hydroxylation is 1. The molecule has 1 amide bonds. The van der Waals surface area contributed by atoms with E-state index >= 15 is 4.39 Å². The number of rotatable bonds is 8. The van der Waals surface area contributed by atoms with Crippen molar-refractivity contribution in [1.29, 1.82) is 5.26 Å². The van der Waals surface area contributed by atoms with E-state index in [1.54, 1.807) is 38.1 Å². The molecule has 1 aromatic carbocycles. The number of amides is 1. The molecule has 2 aromatic heterocycles. The predicted octanol–water partition coefficient (Wildman–Crippen LogP) is 3.28. The van der Waals surface area contributed by atoms with Crippen LogP contribution in [0.5, 0.6) is 0 Å². The highest BCUT2D eigenvalue weighted by Gasteiger charge is 2.24. The highest BCUT2D eigenvalue weighted by atomic mass is 19.1. The third-order valence-electron chi connectivity index (χ3n) is 6.29. The Morgan fingerprint density at radius 2 is 2.00 bits per heavy atom. The molecule has 3 aromatic rings. The van der Waals surface area contributed by atoms with Crippen LogP contribution in [-0.4, -0.2) is 65.6 Å². The molecule has 3 heterocycles. The number of hydrogen-bond donors (Lipinski definition) is 3. The summed E-state index contributed by atoms with van der Waals surface area (Å²) in [6.07, 6.45) is 1.33. The minimum Gasteiger partial charge on any atom is -0.395 e. The number of carbonyl (C=O) groups excluding carboxylic acids is 1. The lowest BCUT2D eigenvalue weighted by Crippen LogP contribution is -2.37. The van der Waals surface area contributed by atoms with E-state index in [4.69, 9.17) is 4.74 Å². The predicted molar refractivity (Wildman–Crippen MR) is 142 cm³/mol. The van der Waals surface area contributed by atoms with Crippen LogP contribution in [0.2, 0.25) is 0 Å². The molecule has 198 valence electrons. The van der Waals surface area contributed by atoms with Crippen molar-refractivity contribution in [2.75, 3.05) is 55.0 Å². The van der Waals surface area contributed by atoms with Crippen molar-refractivity contribution in [2.45, 2.75) is 26.2 Å². The number of nitrogens with zero attached hydrogens (tertiary/aromatic N) is 5. The number of anilines is 3. The molecule has 1 aliphatic heterocycles. The van der Waals surface area contributed by atoms with Crippen LogP contribution < -0.4 is 15.5 Å². The quantitative estimate of drug-likeness (QED) is 0.409. The van der Waals surface area contributed by atoms with E-state index in [-0.39, 0.29) is 24.5 Å². The molecular weight excluding hydrogens is 489 g/mol. The Morgan fingerprint density at radius 3 is 2.71 bits per heavy atom. The third-order valence-corrected chi connectivity index (χ3v) is 6.29. The molecule has 38 heavy (non-hydrogen) atoms. The zero-order chi connectivity index (χ0) is 27.3. The average molecular weight is 520 g/mol. The topological polar surface area (TPSA) is 136 Å². The first kappa shape index (κ1) is 26.9. The van der Waals surface area contributed by atoms with Crippen molar-refractivity contribution < 1.29 is 19.0 Å². The molecule has 1 aliphatic rings. The minimum absolute atomic E-state index is 0.0983. The smallest absolute Gasteiger partial charge is 0.257 e. The summed E-state index contributed by atoms with van der Waals surface area (Å²) >= 11 is 0. The maximum atomic E-state index is 15.9. The molecule has 0 saturated carbocycles. The molecule has 4 rings (SSSR count). The first-order chi connectivity index (χ1) is 18.2. The lowest BCUT2D eigenvalue weighted by atomic mass is 9.90. The van der Waals surface area contributed by atoms with Crippen molar-refractivity contribution in [1.82, 2.24) is 15.2 Å². The average Bonchev–Trinajstić information content (AvgIpc) is 2.94. The van der Waals surface area contributed by atoms with Gasteiger partial charge in [0.1, 0.15) is 5.82 Å². The summed E-state index contributed by atoms with van der Waals surface area (Å²) in [7, 11) is 0. The van der Waals surface area contributed by atoms with Gasteiger partial charge in [0.25, 0.3) is 5.91 Å². The van der Waals surface area contributed by atoms with Gasteiger partial charge in [-0.15, -0.1) is 0 Å². The van der Waals surface area contributed by atoms with Gasteiger partial charge >= 0.3 is 0 Å². The van der Waals surface area contributed by atoms with Crippen molar-refractivity contribution in [3.8, 4) is 17.2 Å². The number of benzene rings is 1. The molecule has 3 N–H and O–H groups in total. The molecule has 10 nitrogen and oxygen atoms in total. The van der Waals surface area contributed by atoms with E-state index < -0.39 is 17.1 Å². The molecule has 0 aliphatic carbocycles. The summed E-state index contributed by atoms with van der Waals surface area (Å²) in [5.74, 6) is -0.272. The number of carbonyl (C=O) groups is 1. The summed E-state index contributed by atoms with van der Waals surface area (Å²) < 4.78 is 21.3. The number of aliphatic hydroxyl groups excluding tert-OH is 1. The van der Waals surface area contributed by atoms with Gasteiger partial charge in [-0.3, -0.25) is 4.79 Å². The first-order valence-electron chi connectivity index (χ1n) is 12.3. The van der Waals surface area contributed by atoms with E-state index in [0.717, 1.165) is 5.56 Å². The van der Waals surface area contributed by atoms with Crippen molar-refractivity contribution in [3.05, 3.63) is 59.2 Å². The number of morpholine rings is 1. The zero-order valence-electron chi connectivity index (χ0n) is 21.6. The van der Waals surface area contributed by atoms with Crippen LogP contribution in [0.25, 0.3) is 11.1 Å². The summed E-state index contributed by atoms with van der Waals surface area (Å²) in [4.78, 5) is 19.3. The van der Waals surface area contributed by atoms with E-state index in [1.807, 2.05) is 11.8 Å². The summed E-state index contributed by atoms with van der Waals surface area (Å²) in [5, 5.41) is 32.4. The van der Waals surface area contributed by atoms with Gasteiger partial charge in [0, 0.05) is 30.9 Å². The van der Waals surface area contributed by atoms with E-state index in [1.165, 1.54) is 12.3 Å². The van der Waals surface area contributed by atoms with Crippen LogP contribution in [0.15, 0.2) is 36.5 Å². The van der Waals surface area contributed by atoms with Gasteiger partial charge in [-0.2, -0.15) is 15.5 Å². The highest BCUT2D eigenvalue weighted by Crippen LogP contribution is 2.35. The normalized spacial score (nSPS) is 13.6. The number of aliphatic hydroxyl groups is 1. The maximum Gasteiger partial charge on any atom is 0.257 e. The van der Waals surface area contributed by atoms with Gasteiger partial charge in [-0.25, -0.2) is 9.37 Å². The lowest BCUT2D eigenvalue weighted by molar-refractivity contribution is 0.102. The summed E-state index contributed by atoms with van der Waals surface area (Å²) in [6.45, 7) is 7.38. The molecule has 11 heteroatoms. The van der Waals surface area contributed by atoms with E-state index in [9.17, 15) is 15.2 Å². The van der Waals surface area contributed by atoms with Gasteiger partial charge in [0.2, 0.25) is 0 Å². The Balaban J connectivity index is 1.69. The minimum atomic E-state index is -0.904. The Morgan fingerprint density at radius 1 is 1.24 bits per heavy atom. The van der Waals surface area contributed by atoms with Gasteiger partial charge in [0.15, 0.2) is 11.6 Å². The maximum absolute atomic E-state index is 15.9. The number of ether oxygens (including phenoxy) is 1. The van der Waals surface area contributed by atoms with E-state index in [0.29, 0.717) is 54.6 Å². The Labute approximate surface area is 220 Å². The van der Waals surface area contributed by atoms with E-state index in [2.05, 4.69) is 31.9 Å². The van der Waals surface area contributed by atoms with Crippen molar-refractivity contribution >= 4 is 23.2 Å². The fourth-order valence-electron chi connectivity index (χ4n) is 4.02. The second-order valence-electron chi connectivity index (χ2n) is 9.49. The second-order valence-corrected chi connectivity index (χ2v) is 9.49. The second kappa shape index (κ2) is 11.5. The summed E-state index contributed by atoms with van der Waals surface area (Å²) in [6, 6.07) is 10.5. The molecule has 0 atom stereocenters. The molecule has 0 unspecified atom stereocenters. The fourth-order valence-corrected chi connectivity index (χ4v) is 4.02. The van der Waals surface area contributed by atoms with Crippen LogP contribution >= 0.6 is 0 Å². The summed E-state index contributed by atoms with van der Waals surface area (Å²) in [5.41, 5.74) is 1.90. The van der Waals surface area contributed by atoms with Crippen LogP contribution in [0.3, 0.4) is 0 Å². The first-order valence-corrected chi connectivity index (χ1v) is 12.3. The fraction of sp³-hybridized carbons (Fsp3) is 0.370. The van der Waals surface area contributed by atoms with Crippen LogP contribution in [0, 0.1) is 24.1 Å². The number of nitrogens with one attached hydrogen (secondary N) is 2. The molecule has 0 spiro atoms. The Kier molecular flexibility index (Phi) is 8.14. The van der Waals surface area contributed by atoms with Crippen LogP contribution in [-0.2, 0) is 10.2 Å². The number of hydrogen-bond acceptors (Lipinski definition) is 9. The largest absolute Gasteiger partial charge is 0.395 e. The van der Waals surface area contributed by atoms with Gasteiger partial charge in [0.05, 0.1) is 48.8 Å². The molecule has 1 saturated heterocycles. The van der Waals surface area contributed by atoms with Crippen LogP contribution in [0.4, 0.5) is 21.7 Å². The number of nitriles is 1. The number of pyridine rings is 1. The van der Waals surface area contributed by atoms with Crippen molar-refractivity contribution in [3.63, 3.8) is 0 Å². The van der Waals surface area contributed by atoms with Gasteiger partial charge in [-0.1, -0.05) is 6.07 Å². The highest BCUT2D eigenvalue weighted by molar-refractivity contribution is 6.04. The molecular formula is C27H30FN7O3. The molecule has 1 fully saturated rings.